The lowest BCUT2D eigenvalue weighted by molar-refractivity contribution is -0.109. The van der Waals surface area contributed by atoms with Gasteiger partial charge in [-0.3, -0.25) is 4.90 Å². The molecule has 0 spiro atoms. The maximum Gasteiger partial charge on any atom is 0.422 e. The van der Waals surface area contributed by atoms with Gasteiger partial charge in [-0.15, -0.1) is 0 Å². The Kier molecular flexibility index (Phi) is 8.44. The highest BCUT2D eigenvalue weighted by atomic mass is 35.5. The maximum atomic E-state index is 13.6. The molecular weight excluding hydrogens is 437 g/mol. The lowest BCUT2D eigenvalue weighted by atomic mass is 9.87. The van der Waals surface area contributed by atoms with Crippen molar-refractivity contribution in [3.8, 4) is 11.5 Å². The first-order valence-electron chi connectivity index (χ1n) is 10.5. The van der Waals surface area contributed by atoms with Gasteiger partial charge in [-0.1, -0.05) is 23.7 Å². The molecule has 1 fully saturated rings. The third-order valence-corrected chi connectivity index (χ3v) is 6.06. The molecule has 9 heteroatoms. The van der Waals surface area contributed by atoms with E-state index in [0.29, 0.717) is 11.5 Å². The van der Waals surface area contributed by atoms with E-state index < -0.39 is 11.9 Å². The van der Waals surface area contributed by atoms with Gasteiger partial charge in [-0.2, -0.15) is 0 Å². The van der Waals surface area contributed by atoms with Crippen LogP contribution in [0.15, 0.2) is 42.5 Å². The molecule has 0 aromatic heterocycles. The molecule has 172 valence electrons. The third kappa shape index (κ3) is 6.18. The van der Waals surface area contributed by atoms with Crippen LogP contribution in [0.4, 0.5) is 9.18 Å². The Morgan fingerprint density at radius 3 is 2.50 bits per heavy atom. The zero-order valence-corrected chi connectivity index (χ0v) is 18.6. The van der Waals surface area contributed by atoms with E-state index >= 15 is 0 Å². The highest BCUT2D eigenvalue weighted by molar-refractivity contribution is 6.30. The number of hydrogen-bond acceptors (Lipinski definition) is 5. The molecule has 1 aliphatic heterocycles. The first kappa shape index (κ1) is 24.0. The van der Waals surface area contributed by atoms with E-state index in [1.165, 1.54) is 12.1 Å². The second kappa shape index (κ2) is 11.3. The van der Waals surface area contributed by atoms with Crippen LogP contribution in [-0.2, 0) is 11.3 Å². The Hall–Kier alpha value is -2.68. The standard InChI is InChI=1S/C23H27ClFN3O4/c1-26-28(23(30)31)22(10-13-29)17-8-11-27(12-9-17)15-16-2-4-18(5-3-16)32-19-6-7-20(24)21(25)14-19/h2-7,13-14,17,22,26H,8-12,15H2,1H3,(H,30,31). The van der Waals surface area contributed by atoms with E-state index in [2.05, 4.69) is 10.3 Å². The maximum absolute atomic E-state index is 13.6. The van der Waals surface area contributed by atoms with Crippen molar-refractivity contribution in [2.24, 2.45) is 5.92 Å². The Bertz CT molecular complexity index is 920. The highest BCUT2D eigenvalue weighted by Crippen LogP contribution is 2.28. The highest BCUT2D eigenvalue weighted by Gasteiger charge is 2.32. The lowest BCUT2D eigenvalue weighted by Crippen LogP contribution is -2.52. The average molecular weight is 464 g/mol. The Labute approximate surface area is 191 Å². The van der Waals surface area contributed by atoms with Crippen molar-refractivity contribution >= 4 is 24.0 Å². The van der Waals surface area contributed by atoms with E-state index in [9.17, 15) is 19.1 Å². The summed E-state index contributed by atoms with van der Waals surface area (Å²) in [5.74, 6) is 0.576. The largest absolute Gasteiger partial charge is 0.464 e. The molecule has 7 nitrogen and oxygen atoms in total. The molecule has 1 heterocycles. The van der Waals surface area contributed by atoms with Gasteiger partial charge in [-0.05, 0) is 61.7 Å². The second-order valence-electron chi connectivity index (χ2n) is 7.78. The number of benzene rings is 2. The number of nitrogens with one attached hydrogen (secondary N) is 1. The number of rotatable bonds is 9. The summed E-state index contributed by atoms with van der Waals surface area (Å²) in [5, 5.41) is 10.6. The van der Waals surface area contributed by atoms with Gasteiger partial charge in [-0.25, -0.2) is 19.6 Å². The van der Waals surface area contributed by atoms with E-state index in [0.717, 1.165) is 49.3 Å². The summed E-state index contributed by atoms with van der Waals surface area (Å²) in [6.07, 6.45) is 1.51. The molecule has 1 saturated heterocycles. The molecule has 2 aromatic carbocycles. The van der Waals surface area contributed by atoms with Crippen LogP contribution in [-0.4, -0.2) is 53.6 Å². The van der Waals surface area contributed by atoms with Crippen molar-refractivity contribution < 1.29 is 23.8 Å². The monoisotopic (exact) mass is 463 g/mol. The molecule has 2 aromatic rings. The number of nitrogens with zero attached hydrogens (tertiary/aromatic N) is 2. The van der Waals surface area contributed by atoms with Gasteiger partial charge < -0.3 is 14.6 Å². The summed E-state index contributed by atoms with van der Waals surface area (Å²) in [5.41, 5.74) is 3.80. The predicted octanol–water partition coefficient (Wildman–Crippen LogP) is 4.56. The lowest BCUT2D eigenvalue weighted by Gasteiger charge is -2.39. The van der Waals surface area contributed by atoms with Crippen molar-refractivity contribution in [1.29, 1.82) is 0 Å². The molecular formula is C23H27ClFN3O4. The fourth-order valence-electron chi connectivity index (χ4n) is 4.10. The van der Waals surface area contributed by atoms with Gasteiger partial charge >= 0.3 is 6.09 Å². The van der Waals surface area contributed by atoms with Crippen LogP contribution in [0.1, 0.15) is 24.8 Å². The number of ether oxygens (including phenoxy) is 1. The smallest absolute Gasteiger partial charge is 0.422 e. The van der Waals surface area contributed by atoms with Gasteiger partial charge in [0.25, 0.3) is 0 Å². The molecule has 1 aliphatic rings. The van der Waals surface area contributed by atoms with Crippen LogP contribution >= 0.6 is 11.6 Å². The van der Waals surface area contributed by atoms with Gasteiger partial charge in [0.15, 0.2) is 0 Å². The average Bonchev–Trinajstić information content (AvgIpc) is 2.78. The quantitative estimate of drug-likeness (QED) is 0.419. The fraction of sp³-hybridized carbons (Fsp3) is 0.391. The minimum absolute atomic E-state index is 0.0515. The molecule has 1 amide bonds. The summed E-state index contributed by atoms with van der Waals surface area (Å²) < 4.78 is 19.2. The Morgan fingerprint density at radius 2 is 1.94 bits per heavy atom. The molecule has 1 unspecified atom stereocenters. The summed E-state index contributed by atoms with van der Waals surface area (Å²) in [6, 6.07) is 11.6. The summed E-state index contributed by atoms with van der Waals surface area (Å²) >= 11 is 5.69. The van der Waals surface area contributed by atoms with Crippen molar-refractivity contribution in [3.05, 3.63) is 58.9 Å². The van der Waals surface area contributed by atoms with Crippen LogP contribution in [0.25, 0.3) is 0 Å². The Balaban J connectivity index is 1.53. The van der Waals surface area contributed by atoms with Crippen LogP contribution in [0.3, 0.4) is 0 Å². The number of halogens is 2. The molecule has 32 heavy (non-hydrogen) atoms. The van der Waals surface area contributed by atoms with Crippen LogP contribution in [0.5, 0.6) is 11.5 Å². The topological polar surface area (TPSA) is 82.1 Å². The number of carbonyl (C=O) groups is 2. The van der Waals surface area contributed by atoms with Gasteiger partial charge in [0.1, 0.15) is 23.6 Å². The molecule has 0 aliphatic carbocycles. The van der Waals surface area contributed by atoms with Gasteiger partial charge in [0.2, 0.25) is 0 Å². The van der Waals surface area contributed by atoms with Crippen molar-refractivity contribution in [1.82, 2.24) is 15.3 Å². The first-order valence-corrected chi connectivity index (χ1v) is 10.9. The molecule has 2 N–H and O–H groups in total. The minimum Gasteiger partial charge on any atom is -0.464 e. The number of hydrogen-bond donors (Lipinski definition) is 2. The third-order valence-electron chi connectivity index (χ3n) is 5.75. The number of piperidine rings is 1. The van der Waals surface area contributed by atoms with Crippen molar-refractivity contribution in [2.45, 2.75) is 31.8 Å². The number of likely N-dealkylation sites (tertiary alicyclic amines) is 1. The molecule has 3 rings (SSSR count). The van der Waals surface area contributed by atoms with Crippen LogP contribution in [0.2, 0.25) is 5.02 Å². The summed E-state index contributed by atoms with van der Waals surface area (Å²) in [7, 11) is 1.55. The normalized spacial score (nSPS) is 15.8. The van der Waals surface area contributed by atoms with E-state index in [4.69, 9.17) is 16.3 Å². The number of carboxylic acid groups (broad SMARTS) is 1. The Morgan fingerprint density at radius 1 is 1.28 bits per heavy atom. The molecule has 0 saturated carbocycles. The minimum atomic E-state index is -1.08. The number of carbonyl (C=O) groups excluding carboxylic acids is 1. The summed E-state index contributed by atoms with van der Waals surface area (Å²) in [4.78, 5) is 24.9. The summed E-state index contributed by atoms with van der Waals surface area (Å²) in [6.45, 7) is 2.40. The molecule has 0 bridgehead atoms. The first-order chi connectivity index (χ1) is 15.4. The molecule has 1 atom stereocenters. The van der Waals surface area contributed by atoms with Crippen molar-refractivity contribution in [2.75, 3.05) is 20.1 Å². The predicted molar refractivity (Wildman–Crippen MR) is 119 cm³/mol. The number of hydrazine groups is 1. The van der Waals surface area contributed by atoms with Crippen molar-refractivity contribution in [3.63, 3.8) is 0 Å². The van der Waals surface area contributed by atoms with E-state index in [1.807, 2.05) is 24.3 Å². The van der Waals surface area contributed by atoms with Gasteiger partial charge in [0, 0.05) is 26.1 Å². The van der Waals surface area contributed by atoms with Gasteiger partial charge in [0.05, 0.1) is 11.1 Å². The van der Waals surface area contributed by atoms with E-state index in [1.54, 1.807) is 13.1 Å². The second-order valence-corrected chi connectivity index (χ2v) is 8.19. The van der Waals surface area contributed by atoms with Crippen LogP contribution in [0, 0.1) is 11.7 Å². The van der Waals surface area contributed by atoms with E-state index in [-0.39, 0.29) is 23.4 Å². The zero-order valence-electron chi connectivity index (χ0n) is 17.8. The number of aldehydes is 1. The zero-order chi connectivity index (χ0) is 23.1. The SMILES string of the molecule is CNN(C(=O)O)C(CC=O)C1CCN(Cc2ccc(Oc3ccc(Cl)c(F)c3)cc2)CC1. The fourth-order valence-corrected chi connectivity index (χ4v) is 4.22. The van der Waals surface area contributed by atoms with Crippen LogP contribution < -0.4 is 10.2 Å². The number of amides is 1. The molecule has 0 radical (unpaired) electrons.